The van der Waals surface area contributed by atoms with Crippen molar-refractivity contribution >= 4 is 17.4 Å². The number of ether oxygens (including phenoxy) is 1. The van der Waals surface area contributed by atoms with Crippen LogP contribution in [0.5, 0.6) is 5.75 Å². The van der Waals surface area contributed by atoms with Gasteiger partial charge in [-0.2, -0.15) is 0 Å². The lowest BCUT2D eigenvalue weighted by molar-refractivity contribution is -0.139. The second-order valence-corrected chi connectivity index (χ2v) is 8.02. The minimum absolute atomic E-state index is 0.118. The van der Waals surface area contributed by atoms with Gasteiger partial charge >= 0.3 is 0 Å². The summed E-state index contributed by atoms with van der Waals surface area (Å²) in [5, 5.41) is 11.1. The number of Topliss-reactive ketones (excluding diaryl/α,β-unsaturated/α-hetero) is 1. The van der Waals surface area contributed by atoms with Gasteiger partial charge in [-0.15, -0.1) is 0 Å². The molecule has 0 bridgehead atoms. The largest absolute Gasteiger partial charge is 0.507 e. The number of aryl methyl sites for hydroxylation is 1. The lowest BCUT2D eigenvalue weighted by Crippen LogP contribution is -2.32. The highest BCUT2D eigenvalue weighted by Gasteiger charge is 2.45. The summed E-state index contributed by atoms with van der Waals surface area (Å²) in [6.45, 7) is 5.56. The van der Waals surface area contributed by atoms with Gasteiger partial charge in [0.1, 0.15) is 11.5 Å². The highest BCUT2D eigenvalue weighted by molar-refractivity contribution is 6.46. The van der Waals surface area contributed by atoms with E-state index in [0.29, 0.717) is 30.9 Å². The molecule has 1 aliphatic heterocycles. The summed E-state index contributed by atoms with van der Waals surface area (Å²) in [6.07, 6.45) is 0.715. The van der Waals surface area contributed by atoms with E-state index < -0.39 is 17.7 Å². The number of likely N-dealkylation sites (tertiary alicyclic amines) is 1. The quantitative estimate of drug-likeness (QED) is 0.398. The predicted octanol–water partition coefficient (Wildman–Crippen LogP) is 3.77. The highest BCUT2D eigenvalue weighted by atomic mass is 16.5. The molecule has 0 radical (unpaired) electrons. The second kappa shape index (κ2) is 9.79. The van der Waals surface area contributed by atoms with Crippen LogP contribution in [-0.2, 0) is 9.59 Å². The third-order valence-corrected chi connectivity index (χ3v) is 5.35. The fourth-order valence-corrected chi connectivity index (χ4v) is 3.82. The maximum atomic E-state index is 13.0. The van der Waals surface area contributed by atoms with Crippen molar-refractivity contribution in [2.24, 2.45) is 0 Å². The number of carbonyl (C=O) groups excluding carboxylic acids is 2. The minimum Gasteiger partial charge on any atom is -0.507 e. The van der Waals surface area contributed by atoms with Crippen LogP contribution in [0.25, 0.3) is 5.76 Å². The first-order valence-electron chi connectivity index (χ1n) is 10.6. The van der Waals surface area contributed by atoms with Gasteiger partial charge in [-0.05, 0) is 58.6 Å². The second-order valence-electron chi connectivity index (χ2n) is 8.02. The van der Waals surface area contributed by atoms with Gasteiger partial charge in [-0.3, -0.25) is 9.59 Å². The molecule has 1 unspecified atom stereocenters. The highest BCUT2D eigenvalue weighted by Crippen LogP contribution is 2.40. The summed E-state index contributed by atoms with van der Waals surface area (Å²) in [7, 11) is 3.93. The minimum atomic E-state index is -0.663. The number of aliphatic hydroxyl groups is 1. The Morgan fingerprint density at radius 1 is 1.13 bits per heavy atom. The first-order valence-corrected chi connectivity index (χ1v) is 10.6. The zero-order chi connectivity index (χ0) is 22.5. The maximum absolute atomic E-state index is 13.0. The van der Waals surface area contributed by atoms with Crippen molar-refractivity contribution in [2.75, 3.05) is 33.8 Å². The van der Waals surface area contributed by atoms with Crippen molar-refractivity contribution < 1.29 is 19.4 Å². The van der Waals surface area contributed by atoms with Gasteiger partial charge in [0.05, 0.1) is 18.2 Å². The number of benzene rings is 2. The van der Waals surface area contributed by atoms with Crippen LogP contribution in [0.2, 0.25) is 0 Å². The van der Waals surface area contributed by atoms with E-state index in [1.807, 2.05) is 69.2 Å². The smallest absolute Gasteiger partial charge is 0.295 e. The zero-order valence-electron chi connectivity index (χ0n) is 18.6. The summed E-state index contributed by atoms with van der Waals surface area (Å²) in [5.74, 6) is -0.733. The number of nitrogens with zero attached hydrogens (tertiary/aromatic N) is 2. The van der Waals surface area contributed by atoms with Crippen molar-refractivity contribution in [1.29, 1.82) is 0 Å². The number of amides is 1. The first-order chi connectivity index (χ1) is 14.8. The SMILES string of the molecule is CCOc1cccc(C2C(=C(O)c3ccc(C)cc3)C(=O)C(=O)N2CCCN(C)C)c1. The fraction of sp³-hybridized carbons (Fsp3) is 0.360. The Balaban J connectivity index is 2.09. The van der Waals surface area contributed by atoms with Crippen LogP contribution in [0.1, 0.15) is 36.1 Å². The molecule has 6 nitrogen and oxygen atoms in total. The number of ketones is 1. The van der Waals surface area contributed by atoms with Gasteiger partial charge in [0.25, 0.3) is 11.7 Å². The van der Waals surface area contributed by atoms with Crippen LogP contribution in [0, 0.1) is 6.92 Å². The van der Waals surface area contributed by atoms with Crippen LogP contribution in [0.15, 0.2) is 54.1 Å². The van der Waals surface area contributed by atoms with Crippen LogP contribution >= 0.6 is 0 Å². The molecule has 1 heterocycles. The van der Waals surface area contributed by atoms with E-state index in [2.05, 4.69) is 0 Å². The van der Waals surface area contributed by atoms with Crippen LogP contribution < -0.4 is 4.74 Å². The molecule has 31 heavy (non-hydrogen) atoms. The molecule has 1 saturated heterocycles. The molecular weight excluding hydrogens is 392 g/mol. The van der Waals surface area contributed by atoms with E-state index in [9.17, 15) is 14.7 Å². The summed E-state index contributed by atoms with van der Waals surface area (Å²) >= 11 is 0. The van der Waals surface area contributed by atoms with Crippen molar-refractivity contribution in [3.63, 3.8) is 0 Å². The predicted molar refractivity (Wildman–Crippen MR) is 121 cm³/mol. The average Bonchev–Trinajstić information content (AvgIpc) is 2.99. The van der Waals surface area contributed by atoms with Crippen molar-refractivity contribution in [3.05, 3.63) is 70.8 Å². The molecule has 1 fully saturated rings. The van der Waals surface area contributed by atoms with E-state index in [4.69, 9.17) is 4.74 Å². The molecule has 2 aromatic carbocycles. The molecular formula is C25H30N2O4. The molecule has 1 atom stereocenters. The maximum Gasteiger partial charge on any atom is 0.295 e. The average molecular weight is 423 g/mol. The fourth-order valence-electron chi connectivity index (χ4n) is 3.82. The third kappa shape index (κ3) is 4.97. The van der Waals surface area contributed by atoms with Gasteiger partial charge in [-0.25, -0.2) is 0 Å². The lowest BCUT2D eigenvalue weighted by Gasteiger charge is -2.26. The van der Waals surface area contributed by atoms with Crippen LogP contribution in [-0.4, -0.2) is 60.4 Å². The topological polar surface area (TPSA) is 70.1 Å². The standard InChI is InChI=1S/C25H30N2O4/c1-5-31-20-9-6-8-19(16-20)22-21(23(28)18-12-10-17(2)11-13-18)24(29)25(30)27(22)15-7-14-26(3)4/h6,8-13,16,22,28H,5,7,14-15H2,1-4H3. The zero-order valence-corrected chi connectivity index (χ0v) is 18.6. The van der Waals surface area contributed by atoms with Gasteiger partial charge in [0.15, 0.2) is 0 Å². The first kappa shape index (κ1) is 22.6. The molecule has 0 aliphatic carbocycles. The van der Waals surface area contributed by atoms with E-state index in [1.54, 1.807) is 17.0 Å². The molecule has 1 N–H and O–H groups in total. The lowest BCUT2D eigenvalue weighted by atomic mass is 9.95. The number of aliphatic hydroxyl groups excluding tert-OH is 1. The van der Waals surface area contributed by atoms with Gasteiger partial charge < -0.3 is 19.6 Å². The molecule has 6 heteroatoms. The Morgan fingerprint density at radius 3 is 2.48 bits per heavy atom. The molecule has 3 rings (SSSR count). The molecule has 164 valence electrons. The summed E-state index contributed by atoms with van der Waals surface area (Å²) in [6, 6.07) is 14.0. The van der Waals surface area contributed by atoms with Gasteiger partial charge in [-0.1, -0.05) is 42.0 Å². The normalized spacial score (nSPS) is 18.1. The Bertz CT molecular complexity index is 979. The Labute approximate surface area is 183 Å². The molecule has 0 aromatic heterocycles. The number of rotatable bonds is 8. The molecule has 1 amide bonds. The van der Waals surface area contributed by atoms with E-state index >= 15 is 0 Å². The summed E-state index contributed by atoms with van der Waals surface area (Å²) in [5.41, 5.74) is 2.42. The van der Waals surface area contributed by atoms with Crippen molar-refractivity contribution in [1.82, 2.24) is 9.80 Å². The Morgan fingerprint density at radius 2 is 1.84 bits per heavy atom. The van der Waals surface area contributed by atoms with Crippen molar-refractivity contribution in [2.45, 2.75) is 26.3 Å². The number of hydrogen-bond donors (Lipinski definition) is 1. The van der Waals surface area contributed by atoms with Gasteiger partial charge in [0.2, 0.25) is 0 Å². The number of carbonyl (C=O) groups is 2. The van der Waals surface area contributed by atoms with Gasteiger partial charge in [0, 0.05) is 12.1 Å². The summed E-state index contributed by atoms with van der Waals surface area (Å²) < 4.78 is 5.63. The molecule has 1 aliphatic rings. The van der Waals surface area contributed by atoms with E-state index in [-0.39, 0.29) is 11.3 Å². The Hall–Kier alpha value is -3.12. The van der Waals surface area contributed by atoms with E-state index in [0.717, 1.165) is 17.7 Å². The monoisotopic (exact) mass is 422 g/mol. The third-order valence-electron chi connectivity index (χ3n) is 5.35. The van der Waals surface area contributed by atoms with Crippen molar-refractivity contribution in [3.8, 4) is 5.75 Å². The van der Waals surface area contributed by atoms with Crippen LogP contribution in [0.4, 0.5) is 0 Å². The Kier molecular flexibility index (Phi) is 7.13. The summed E-state index contributed by atoms with van der Waals surface area (Å²) in [4.78, 5) is 29.6. The molecule has 0 saturated carbocycles. The van der Waals surface area contributed by atoms with Crippen LogP contribution in [0.3, 0.4) is 0 Å². The molecule has 0 spiro atoms. The number of hydrogen-bond acceptors (Lipinski definition) is 5. The molecule has 2 aromatic rings. The van der Waals surface area contributed by atoms with E-state index in [1.165, 1.54) is 0 Å².